The van der Waals surface area contributed by atoms with E-state index in [1.807, 2.05) is 0 Å². The zero-order valence-electron chi connectivity index (χ0n) is 17.1. The van der Waals surface area contributed by atoms with Crippen LogP contribution in [-0.2, 0) is 46.3 Å². The third kappa shape index (κ3) is 5.12. The second kappa shape index (κ2) is 10.3. The van der Waals surface area contributed by atoms with Crippen LogP contribution in [0.25, 0.3) is 0 Å². The minimum Gasteiger partial charge on any atom is -0.194 e. The van der Waals surface area contributed by atoms with Gasteiger partial charge in [0, 0.05) is 26.2 Å². The molecule has 0 radical (unpaired) electrons. The van der Waals surface area contributed by atoms with Crippen LogP contribution in [0.15, 0.2) is 0 Å². The van der Waals surface area contributed by atoms with E-state index in [1.165, 1.54) is 0 Å². The van der Waals surface area contributed by atoms with Gasteiger partial charge >= 0.3 is 0 Å². The van der Waals surface area contributed by atoms with Crippen molar-refractivity contribution in [3.63, 3.8) is 0 Å². The van der Waals surface area contributed by atoms with Gasteiger partial charge in [0.15, 0.2) is 0 Å². The topological polar surface area (TPSA) is 86.8 Å². The number of halogens is 8. The first-order valence-corrected chi connectivity index (χ1v) is 15.5. The first kappa shape index (κ1) is 28.5. The maximum Gasteiger partial charge on any atom is 0.293 e. The Bertz CT molecular complexity index is 1360. The standard InChI is InChI=1S/C18H13Cl8N3O4S2/c19-11-7-1-3-28(5-9(7)13(21)17(25)15(11)23)34(30,31)27-35(32,33)29-4-2-8-10(6-29)14(22)18(26)16(24)12(8)20/h27H,1-6H2. The highest BCUT2D eigenvalue weighted by molar-refractivity contribution is 8.02. The van der Waals surface area contributed by atoms with Gasteiger partial charge < -0.3 is 0 Å². The molecule has 2 aromatic carbocycles. The quantitative estimate of drug-likeness (QED) is 0.299. The molecule has 0 fully saturated rings. The summed E-state index contributed by atoms with van der Waals surface area (Å²) in [6.45, 7) is -0.642. The smallest absolute Gasteiger partial charge is 0.194 e. The Morgan fingerprint density at radius 3 is 1.09 bits per heavy atom. The van der Waals surface area contributed by atoms with Gasteiger partial charge in [0.25, 0.3) is 20.4 Å². The normalized spacial score (nSPS) is 17.4. The van der Waals surface area contributed by atoms with Gasteiger partial charge in [0.05, 0.1) is 40.2 Å². The van der Waals surface area contributed by atoms with Gasteiger partial charge in [-0.3, -0.25) is 0 Å². The predicted octanol–water partition coefficient (Wildman–Crippen LogP) is 6.41. The SMILES string of the molecule is O=S(=O)(NS(=O)(=O)N1CCc2c(Cl)c(Cl)c(Cl)c(Cl)c2C1)N1CCc2c(Cl)c(Cl)c(Cl)c(Cl)c2C1. The van der Waals surface area contributed by atoms with Crippen LogP contribution in [0.1, 0.15) is 22.3 Å². The maximum atomic E-state index is 13.1. The zero-order chi connectivity index (χ0) is 26.0. The van der Waals surface area contributed by atoms with Gasteiger partial charge in [-0.05, 0) is 35.1 Å². The van der Waals surface area contributed by atoms with Crippen molar-refractivity contribution < 1.29 is 16.8 Å². The highest BCUT2D eigenvalue weighted by atomic mass is 35.5. The molecule has 4 rings (SSSR count). The predicted molar refractivity (Wildman–Crippen MR) is 142 cm³/mol. The van der Waals surface area contributed by atoms with E-state index in [0.29, 0.717) is 22.3 Å². The average molecular weight is 683 g/mol. The third-order valence-electron chi connectivity index (χ3n) is 5.73. The highest BCUT2D eigenvalue weighted by Gasteiger charge is 2.38. The highest BCUT2D eigenvalue weighted by Crippen LogP contribution is 2.45. The van der Waals surface area contributed by atoms with E-state index in [2.05, 4.69) is 0 Å². The first-order chi connectivity index (χ1) is 16.2. The molecule has 2 aliphatic heterocycles. The van der Waals surface area contributed by atoms with Crippen LogP contribution in [0, 0.1) is 0 Å². The van der Waals surface area contributed by atoms with Crippen molar-refractivity contribution in [1.29, 1.82) is 0 Å². The Morgan fingerprint density at radius 2 is 0.771 bits per heavy atom. The molecule has 0 spiro atoms. The maximum absolute atomic E-state index is 13.1. The molecule has 0 aromatic heterocycles. The van der Waals surface area contributed by atoms with Crippen LogP contribution < -0.4 is 4.13 Å². The molecule has 2 heterocycles. The van der Waals surface area contributed by atoms with E-state index in [1.54, 1.807) is 4.13 Å². The fraction of sp³-hybridized carbons (Fsp3) is 0.333. The van der Waals surface area contributed by atoms with Crippen molar-refractivity contribution in [2.75, 3.05) is 13.1 Å². The molecule has 7 nitrogen and oxygen atoms in total. The molecule has 0 bridgehead atoms. The molecule has 17 heteroatoms. The lowest BCUT2D eigenvalue weighted by Crippen LogP contribution is -2.51. The van der Waals surface area contributed by atoms with Crippen molar-refractivity contribution in [2.45, 2.75) is 25.9 Å². The van der Waals surface area contributed by atoms with E-state index in [9.17, 15) is 16.8 Å². The van der Waals surface area contributed by atoms with E-state index >= 15 is 0 Å². The molecule has 1 N–H and O–H groups in total. The summed E-state index contributed by atoms with van der Waals surface area (Å²) in [4.78, 5) is 0. The zero-order valence-corrected chi connectivity index (χ0v) is 24.8. The Kier molecular flexibility index (Phi) is 8.37. The van der Waals surface area contributed by atoms with E-state index < -0.39 is 20.4 Å². The molecule has 0 atom stereocenters. The summed E-state index contributed by atoms with van der Waals surface area (Å²) in [7, 11) is -9.05. The second-order valence-electron chi connectivity index (χ2n) is 7.69. The monoisotopic (exact) mass is 679 g/mol. The van der Waals surface area contributed by atoms with Crippen molar-refractivity contribution in [1.82, 2.24) is 12.7 Å². The number of fused-ring (bicyclic) bond motifs is 2. The van der Waals surface area contributed by atoms with Gasteiger partial charge in [-0.1, -0.05) is 96.9 Å². The minimum absolute atomic E-state index is 0.0156. The number of nitrogens with one attached hydrogen (secondary N) is 1. The lowest BCUT2D eigenvalue weighted by molar-refractivity contribution is 0.375. The number of nitrogens with zero attached hydrogens (tertiary/aromatic N) is 2. The fourth-order valence-electron chi connectivity index (χ4n) is 3.93. The summed E-state index contributed by atoms with van der Waals surface area (Å²) in [6, 6.07) is 0. The first-order valence-electron chi connectivity index (χ1n) is 9.63. The van der Waals surface area contributed by atoms with Crippen LogP contribution >= 0.6 is 92.8 Å². The number of benzene rings is 2. The molecule has 0 unspecified atom stereocenters. The molecule has 2 aromatic rings. The van der Waals surface area contributed by atoms with Crippen molar-refractivity contribution in [3.05, 3.63) is 62.4 Å². The Balaban J connectivity index is 1.59. The molecule has 2 aliphatic rings. The third-order valence-corrected chi connectivity index (χ3v) is 13.2. The van der Waals surface area contributed by atoms with Crippen molar-refractivity contribution in [2.24, 2.45) is 0 Å². The van der Waals surface area contributed by atoms with Gasteiger partial charge in [0.2, 0.25) is 0 Å². The molecule has 0 aliphatic carbocycles. The number of hydrogen-bond acceptors (Lipinski definition) is 4. The van der Waals surface area contributed by atoms with E-state index in [0.717, 1.165) is 8.61 Å². The molecular weight excluding hydrogens is 670 g/mol. The molecular formula is C18H13Cl8N3O4S2. The minimum atomic E-state index is -4.53. The van der Waals surface area contributed by atoms with Gasteiger partial charge in [0.1, 0.15) is 0 Å². The number of rotatable bonds is 4. The second-order valence-corrected chi connectivity index (χ2v) is 14.3. The lowest BCUT2D eigenvalue weighted by Gasteiger charge is -2.32. The van der Waals surface area contributed by atoms with Crippen LogP contribution in [0.4, 0.5) is 0 Å². The van der Waals surface area contributed by atoms with Gasteiger partial charge in [-0.15, -0.1) is 0 Å². The van der Waals surface area contributed by atoms with Crippen molar-refractivity contribution in [3.8, 4) is 0 Å². The summed E-state index contributed by atoms with van der Waals surface area (Å²) in [5.41, 5.74) is 1.80. The Hall–Kier alpha value is 0.540. The summed E-state index contributed by atoms with van der Waals surface area (Å²) in [5.74, 6) is 0. The van der Waals surface area contributed by atoms with Gasteiger partial charge in [-0.25, -0.2) is 0 Å². The Morgan fingerprint density at radius 1 is 0.486 bits per heavy atom. The van der Waals surface area contributed by atoms with Crippen molar-refractivity contribution >= 4 is 113 Å². The summed E-state index contributed by atoms with van der Waals surface area (Å²) >= 11 is 49.4. The molecule has 192 valence electrons. The van der Waals surface area contributed by atoms with E-state index in [4.69, 9.17) is 92.8 Å². The fourth-order valence-corrected chi connectivity index (χ4v) is 9.27. The van der Waals surface area contributed by atoms with Gasteiger partial charge in [-0.2, -0.15) is 25.4 Å². The molecule has 0 saturated carbocycles. The summed E-state index contributed by atoms with van der Waals surface area (Å²) in [6.07, 6.45) is 0.298. The Labute approximate surface area is 242 Å². The van der Waals surface area contributed by atoms with Crippen LogP contribution in [0.5, 0.6) is 0 Å². The van der Waals surface area contributed by atoms with Crippen LogP contribution in [0.2, 0.25) is 40.2 Å². The molecule has 35 heavy (non-hydrogen) atoms. The number of hydrogen-bond donors (Lipinski definition) is 1. The average Bonchev–Trinajstić information content (AvgIpc) is 2.82. The van der Waals surface area contributed by atoms with E-state index in [-0.39, 0.29) is 79.2 Å². The summed E-state index contributed by atoms with van der Waals surface area (Å²) < 4.78 is 55.9. The molecule has 0 amide bonds. The lowest BCUT2D eigenvalue weighted by atomic mass is 10.0. The molecule has 0 saturated heterocycles. The van der Waals surface area contributed by atoms with Crippen LogP contribution in [-0.4, -0.2) is 38.5 Å². The summed E-state index contributed by atoms with van der Waals surface area (Å²) in [5, 5.41) is 0.558. The van der Waals surface area contributed by atoms with Crippen LogP contribution in [0.3, 0.4) is 0 Å². The largest absolute Gasteiger partial charge is 0.293 e.